The predicted octanol–water partition coefficient (Wildman–Crippen LogP) is 4.31. The lowest BCUT2D eigenvalue weighted by Gasteiger charge is -2.03. The van der Waals surface area contributed by atoms with E-state index in [-0.39, 0.29) is 5.01 Å². The van der Waals surface area contributed by atoms with Gasteiger partial charge in [-0.3, -0.25) is 0 Å². The lowest BCUT2D eigenvalue weighted by molar-refractivity contribution is 0.410. The molecule has 0 aliphatic carbocycles. The van der Waals surface area contributed by atoms with Gasteiger partial charge in [0.05, 0.1) is 5.56 Å². The van der Waals surface area contributed by atoms with Crippen LogP contribution in [0.25, 0.3) is 15.5 Å². The fourth-order valence-corrected chi connectivity index (χ4v) is 3.45. The highest BCUT2D eigenvalue weighted by Gasteiger charge is 2.23. The summed E-state index contributed by atoms with van der Waals surface area (Å²) in [5.74, 6) is -6.19. The van der Waals surface area contributed by atoms with E-state index in [1.54, 1.807) is 0 Å². The van der Waals surface area contributed by atoms with Crippen molar-refractivity contribution >= 4 is 16.3 Å². The Morgan fingerprint density at radius 3 is 2.54 bits per heavy atom. The average molecular weight is 378 g/mol. The largest absolute Gasteiger partial charge is 0.234 e. The molecule has 26 heavy (non-hydrogen) atoms. The molecule has 4 aromatic rings. The third kappa shape index (κ3) is 2.64. The van der Waals surface area contributed by atoms with Crippen LogP contribution in [0.1, 0.15) is 17.0 Å². The topological polar surface area (TPSA) is 43.1 Å². The smallest absolute Gasteiger partial charge is 0.204 e. The number of aromatic nitrogens is 4. The number of hydrogen-bond donors (Lipinski definition) is 0. The maximum Gasteiger partial charge on any atom is 0.234 e. The summed E-state index contributed by atoms with van der Waals surface area (Å²) in [7, 11) is 0. The van der Waals surface area contributed by atoms with Gasteiger partial charge in [0.1, 0.15) is 0 Å². The zero-order valence-corrected chi connectivity index (χ0v) is 14.1. The van der Waals surface area contributed by atoms with Gasteiger partial charge < -0.3 is 0 Å². The molecule has 0 atom stereocenters. The fraction of sp³-hybridized carbons (Fsp3) is 0.118. The van der Waals surface area contributed by atoms with Crippen LogP contribution in [0.4, 0.5) is 17.6 Å². The third-order valence-corrected chi connectivity index (χ3v) is 4.93. The molecule has 0 amide bonds. The molecule has 0 radical (unpaired) electrons. The highest BCUT2D eigenvalue weighted by atomic mass is 32.1. The van der Waals surface area contributed by atoms with E-state index < -0.39 is 28.8 Å². The van der Waals surface area contributed by atoms with E-state index in [0.717, 1.165) is 22.5 Å². The summed E-state index contributed by atoms with van der Waals surface area (Å²) in [4.78, 5) is 0.341. The molecule has 0 unspecified atom stereocenters. The summed E-state index contributed by atoms with van der Waals surface area (Å²) in [5.41, 5.74) is 1.62. The van der Waals surface area contributed by atoms with Crippen molar-refractivity contribution in [3.63, 3.8) is 0 Å². The SMILES string of the molecule is Cc1ccccc1Cc1nnc2sc(-c3cc(F)c(F)c(F)c3F)nn12. The van der Waals surface area contributed by atoms with E-state index in [1.807, 2.05) is 31.2 Å². The maximum atomic E-state index is 14.0. The van der Waals surface area contributed by atoms with Gasteiger partial charge in [-0.1, -0.05) is 35.6 Å². The Bertz CT molecular complexity index is 1140. The van der Waals surface area contributed by atoms with Gasteiger partial charge in [0.15, 0.2) is 34.1 Å². The van der Waals surface area contributed by atoms with Gasteiger partial charge in [-0.15, -0.1) is 10.2 Å². The molecule has 0 aliphatic heterocycles. The first-order chi connectivity index (χ1) is 12.5. The van der Waals surface area contributed by atoms with Crippen molar-refractivity contribution in [3.8, 4) is 10.6 Å². The molecule has 2 heterocycles. The summed E-state index contributed by atoms with van der Waals surface area (Å²) in [6.07, 6.45) is 0.436. The molecule has 0 saturated heterocycles. The van der Waals surface area contributed by atoms with Gasteiger partial charge in [0, 0.05) is 6.42 Å². The summed E-state index contributed by atoms with van der Waals surface area (Å²) >= 11 is 0.906. The molecule has 0 saturated carbocycles. The number of fused-ring (bicyclic) bond motifs is 1. The highest BCUT2D eigenvalue weighted by molar-refractivity contribution is 7.19. The zero-order valence-electron chi connectivity index (χ0n) is 13.3. The van der Waals surface area contributed by atoms with Crippen LogP contribution < -0.4 is 0 Å². The summed E-state index contributed by atoms with van der Waals surface area (Å²) in [5, 5.41) is 12.2. The van der Waals surface area contributed by atoms with Gasteiger partial charge >= 0.3 is 0 Å². The third-order valence-electron chi connectivity index (χ3n) is 4.00. The second-order valence-corrected chi connectivity index (χ2v) is 6.62. The van der Waals surface area contributed by atoms with Gasteiger partial charge in [0.25, 0.3) is 0 Å². The average Bonchev–Trinajstić information content (AvgIpc) is 3.20. The van der Waals surface area contributed by atoms with Crippen LogP contribution in [0.15, 0.2) is 30.3 Å². The van der Waals surface area contributed by atoms with E-state index in [2.05, 4.69) is 15.3 Å². The molecule has 132 valence electrons. The number of hydrogen-bond acceptors (Lipinski definition) is 4. The number of aryl methyl sites for hydroxylation is 1. The van der Waals surface area contributed by atoms with Gasteiger partial charge in [0.2, 0.25) is 4.96 Å². The van der Waals surface area contributed by atoms with Gasteiger partial charge in [-0.05, 0) is 24.1 Å². The zero-order chi connectivity index (χ0) is 18.4. The Hall–Kier alpha value is -2.81. The second-order valence-electron chi connectivity index (χ2n) is 5.67. The summed E-state index contributed by atoms with van der Waals surface area (Å²) in [6, 6.07) is 8.29. The molecular formula is C17H10F4N4S. The molecule has 0 fully saturated rings. The second kappa shape index (κ2) is 6.17. The minimum absolute atomic E-state index is 0.0174. The van der Waals surface area contributed by atoms with Gasteiger partial charge in [-0.25, -0.2) is 17.6 Å². The van der Waals surface area contributed by atoms with Crippen molar-refractivity contribution in [2.24, 2.45) is 0 Å². The quantitative estimate of drug-likeness (QED) is 0.303. The van der Waals surface area contributed by atoms with Crippen molar-refractivity contribution < 1.29 is 17.6 Å². The Balaban J connectivity index is 1.79. The minimum atomic E-state index is -1.87. The van der Waals surface area contributed by atoms with Crippen LogP contribution in [-0.2, 0) is 6.42 Å². The van der Waals surface area contributed by atoms with E-state index >= 15 is 0 Å². The first-order valence-electron chi connectivity index (χ1n) is 7.54. The Morgan fingerprint density at radius 2 is 1.77 bits per heavy atom. The highest BCUT2D eigenvalue weighted by Crippen LogP contribution is 2.31. The van der Waals surface area contributed by atoms with Crippen LogP contribution in [0.5, 0.6) is 0 Å². The molecule has 4 nitrogen and oxygen atoms in total. The minimum Gasteiger partial charge on any atom is -0.204 e. The maximum absolute atomic E-state index is 14.0. The van der Waals surface area contributed by atoms with E-state index in [0.29, 0.717) is 23.3 Å². The van der Waals surface area contributed by atoms with Crippen LogP contribution in [0.2, 0.25) is 0 Å². The predicted molar refractivity (Wildman–Crippen MR) is 87.9 cm³/mol. The Kier molecular flexibility index (Phi) is 3.95. The number of halogens is 4. The molecule has 0 spiro atoms. The van der Waals surface area contributed by atoms with Gasteiger partial charge in [-0.2, -0.15) is 9.61 Å². The van der Waals surface area contributed by atoms with E-state index in [9.17, 15) is 17.6 Å². The fourth-order valence-electron chi connectivity index (χ4n) is 2.58. The lowest BCUT2D eigenvalue weighted by Crippen LogP contribution is -2.01. The molecular weight excluding hydrogens is 368 g/mol. The Labute approximate surface area is 148 Å². The van der Waals surface area contributed by atoms with Crippen LogP contribution in [0, 0.1) is 30.2 Å². The van der Waals surface area contributed by atoms with E-state index in [4.69, 9.17) is 0 Å². The van der Waals surface area contributed by atoms with Crippen molar-refractivity contribution in [2.45, 2.75) is 13.3 Å². The first-order valence-corrected chi connectivity index (χ1v) is 8.36. The Morgan fingerprint density at radius 1 is 1.00 bits per heavy atom. The van der Waals surface area contributed by atoms with Crippen molar-refractivity contribution in [2.75, 3.05) is 0 Å². The standard InChI is InChI=1S/C17H10F4N4S/c1-8-4-2-3-5-9(8)6-12-22-23-17-25(12)24-16(26-17)10-7-11(18)14(20)15(21)13(10)19/h2-5,7H,6H2,1H3. The molecule has 2 aromatic heterocycles. The molecule has 0 bridgehead atoms. The summed E-state index contributed by atoms with van der Waals surface area (Å²) in [6.45, 7) is 1.96. The number of benzene rings is 2. The molecule has 2 aromatic carbocycles. The lowest BCUT2D eigenvalue weighted by atomic mass is 10.1. The summed E-state index contributed by atoms with van der Waals surface area (Å²) < 4.78 is 55.5. The first kappa shape index (κ1) is 16.6. The monoisotopic (exact) mass is 378 g/mol. The van der Waals surface area contributed by atoms with E-state index in [1.165, 1.54) is 4.52 Å². The number of rotatable bonds is 3. The van der Waals surface area contributed by atoms with Crippen molar-refractivity contribution in [3.05, 3.63) is 70.6 Å². The van der Waals surface area contributed by atoms with Crippen LogP contribution in [0.3, 0.4) is 0 Å². The molecule has 0 N–H and O–H groups in total. The molecule has 0 aliphatic rings. The van der Waals surface area contributed by atoms with Crippen molar-refractivity contribution in [1.82, 2.24) is 19.8 Å². The molecule has 4 rings (SSSR count). The number of nitrogens with zero attached hydrogens (tertiary/aromatic N) is 4. The molecule has 9 heteroatoms. The van der Waals surface area contributed by atoms with Crippen LogP contribution >= 0.6 is 11.3 Å². The normalized spacial score (nSPS) is 11.4. The van der Waals surface area contributed by atoms with Crippen molar-refractivity contribution in [1.29, 1.82) is 0 Å². The van der Waals surface area contributed by atoms with Crippen LogP contribution in [-0.4, -0.2) is 19.8 Å².